The van der Waals surface area contributed by atoms with E-state index in [9.17, 15) is 0 Å². The lowest BCUT2D eigenvalue weighted by molar-refractivity contribution is -0.0470. The van der Waals surface area contributed by atoms with Crippen LogP contribution in [0.2, 0.25) is 0 Å². The monoisotopic (exact) mass is 147 g/mol. The molecule has 10 heavy (non-hydrogen) atoms. The molecule has 6 nitrogen and oxygen atoms in total. The minimum Gasteiger partial charge on any atom is -0.393 e. The summed E-state index contributed by atoms with van der Waals surface area (Å²) in [5.74, 6) is 0. The summed E-state index contributed by atoms with van der Waals surface area (Å²) >= 11 is 0. The van der Waals surface area contributed by atoms with Gasteiger partial charge in [0.05, 0.1) is 19.8 Å². The van der Waals surface area contributed by atoms with Crippen molar-refractivity contribution in [1.29, 1.82) is 0 Å². The predicted octanol–water partition coefficient (Wildman–Crippen LogP) is -0.988. The van der Waals surface area contributed by atoms with Crippen molar-refractivity contribution in [2.24, 2.45) is 5.11 Å². The Bertz CT molecular complexity index is 139. The highest BCUT2D eigenvalue weighted by Gasteiger charge is 2.23. The largest absolute Gasteiger partial charge is 0.393 e. The summed E-state index contributed by atoms with van der Waals surface area (Å²) in [4.78, 5) is 2.36. The Labute approximate surface area is 57.4 Å². The minimum absolute atomic E-state index is 0.323. The van der Waals surface area contributed by atoms with Crippen LogP contribution in [0.1, 0.15) is 0 Å². The summed E-state index contributed by atoms with van der Waals surface area (Å²) < 4.78 is 0. The Hall–Kier alpha value is -0.810. The quantitative estimate of drug-likeness (QED) is 0.270. The third kappa shape index (κ3) is 2.65. The summed E-state index contributed by atoms with van der Waals surface area (Å²) in [6.07, 6.45) is 0. The van der Waals surface area contributed by atoms with Crippen LogP contribution in [0, 0.1) is 0 Å². The van der Waals surface area contributed by atoms with Gasteiger partial charge in [0.15, 0.2) is 0 Å². The fourth-order valence-electron chi connectivity index (χ4n) is 0.313. The Kier molecular flexibility index (Phi) is 3.75. The molecule has 0 aromatic rings. The average molecular weight is 147 g/mol. The van der Waals surface area contributed by atoms with Gasteiger partial charge in [-0.2, -0.15) is 0 Å². The van der Waals surface area contributed by atoms with E-state index in [4.69, 9.17) is 20.9 Å². The number of hydrogen-bond acceptors (Lipinski definition) is 4. The first-order valence-electron chi connectivity index (χ1n) is 2.63. The van der Waals surface area contributed by atoms with E-state index in [1.54, 1.807) is 0 Å². The van der Waals surface area contributed by atoms with Crippen LogP contribution < -0.4 is 0 Å². The van der Waals surface area contributed by atoms with E-state index in [1.165, 1.54) is 0 Å². The number of aliphatic hydroxyl groups excluding tert-OH is 2. The topological polar surface area (TPSA) is 109 Å². The van der Waals surface area contributed by atoms with Crippen LogP contribution in [0.5, 0.6) is 0 Å². The lowest BCUT2D eigenvalue weighted by atomic mass is 10.1. The second-order valence-electron chi connectivity index (χ2n) is 1.93. The van der Waals surface area contributed by atoms with Crippen LogP contribution in [0.25, 0.3) is 10.4 Å². The molecule has 0 unspecified atom stereocenters. The first-order chi connectivity index (χ1) is 4.68. The maximum atomic E-state index is 9.00. The lowest BCUT2D eigenvalue weighted by Gasteiger charge is -2.19. The van der Waals surface area contributed by atoms with Crippen molar-refractivity contribution in [3.8, 4) is 0 Å². The van der Waals surface area contributed by atoms with Gasteiger partial charge in [-0.05, 0) is 5.53 Å². The molecule has 0 rings (SSSR count). The number of hydrogen-bond donors (Lipinski definition) is 3. The second-order valence-corrected chi connectivity index (χ2v) is 1.93. The summed E-state index contributed by atoms with van der Waals surface area (Å²) in [6, 6.07) is 0. The van der Waals surface area contributed by atoms with Gasteiger partial charge in [0.25, 0.3) is 0 Å². The van der Waals surface area contributed by atoms with Gasteiger partial charge in [-0.3, -0.25) is 0 Å². The van der Waals surface area contributed by atoms with Crippen molar-refractivity contribution in [3.05, 3.63) is 10.4 Å². The highest BCUT2D eigenvalue weighted by atomic mass is 16.4. The molecule has 0 saturated heterocycles. The maximum absolute atomic E-state index is 9.00. The zero-order chi connectivity index (χ0) is 8.04. The summed E-state index contributed by atoms with van der Waals surface area (Å²) in [7, 11) is 0. The van der Waals surface area contributed by atoms with Gasteiger partial charge in [0, 0.05) is 4.91 Å². The van der Waals surface area contributed by atoms with Gasteiger partial charge in [-0.15, -0.1) is 0 Å². The van der Waals surface area contributed by atoms with Crippen LogP contribution in [0.4, 0.5) is 0 Å². The minimum atomic E-state index is -1.67. The third-order valence-electron chi connectivity index (χ3n) is 1.02. The second kappa shape index (κ2) is 4.08. The molecule has 0 fully saturated rings. The smallest absolute Gasteiger partial charge is 0.116 e. The third-order valence-corrected chi connectivity index (χ3v) is 1.02. The van der Waals surface area contributed by atoms with Crippen LogP contribution in [-0.2, 0) is 0 Å². The van der Waals surface area contributed by atoms with Crippen molar-refractivity contribution in [2.75, 3.05) is 19.8 Å². The predicted molar refractivity (Wildman–Crippen MR) is 33.1 cm³/mol. The summed E-state index contributed by atoms with van der Waals surface area (Å²) in [6.45, 7) is -1.57. The normalized spacial score (nSPS) is 10.7. The van der Waals surface area contributed by atoms with E-state index >= 15 is 0 Å². The molecule has 0 atom stereocenters. The standard InChI is InChI=1S/C4H9N3O3/c5-7-6-1-4(10,2-8)3-9/h8-10H,1-3H2. The molecule has 0 aromatic carbocycles. The van der Waals surface area contributed by atoms with Crippen LogP contribution in [0.3, 0.4) is 0 Å². The molecule has 0 aromatic heterocycles. The number of azide groups is 1. The van der Waals surface area contributed by atoms with Gasteiger partial charge >= 0.3 is 0 Å². The molecular formula is C4H9N3O3. The summed E-state index contributed by atoms with van der Waals surface area (Å²) in [5, 5.41) is 28.8. The molecular weight excluding hydrogens is 138 g/mol. The first kappa shape index (κ1) is 9.19. The molecule has 3 N–H and O–H groups in total. The molecule has 0 radical (unpaired) electrons. The Morgan fingerprint density at radius 2 is 1.90 bits per heavy atom. The molecule has 0 aliphatic rings. The van der Waals surface area contributed by atoms with Crippen molar-refractivity contribution >= 4 is 0 Å². The van der Waals surface area contributed by atoms with E-state index in [-0.39, 0.29) is 6.54 Å². The molecule has 0 aliphatic carbocycles. The van der Waals surface area contributed by atoms with Gasteiger partial charge in [-0.25, -0.2) is 0 Å². The van der Waals surface area contributed by atoms with Gasteiger partial charge in [0.1, 0.15) is 5.60 Å². The van der Waals surface area contributed by atoms with Gasteiger partial charge < -0.3 is 15.3 Å². The summed E-state index contributed by atoms with van der Waals surface area (Å²) in [5.41, 5.74) is 6.13. The number of aliphatic hydroxyl groups is 3. The fourth-order valence-corrected chi connectivity index (χ4v) is 0.313. The molecule has 0 amide bonds. The molecule has 0 aliphatic heterocycles. The fraction of sp³-hybridized carbons (Fsp3) is 1.00. The van der Waals surface area contributed by atoms with E-state index in [1.807, 2.05) is 0 Å². The van der Waals surface area contributed by atoms with Gasteiger partial charge in [0.2, 0.25) is 0 Å². The number of rotatable bonds is 4. The molecule has 58 valence electrons. The Morgan fingerprint density at radius 1 is 1.40 bits per heavy atom. The highest BCUT2D eigenvalue weighted by molar-refractivity contribution is 4.78. The first-order valence-corrected chi connectivity index (χ1v) is 2.63. The molecule has 6 heteroatoms. The molecule has 0 bridgehead atoms. The molecule has 0 heterocycles. The van der Waals surface area contributed by atoms with E-state index in [0.717, 1.165) is 0 Å². The zero-order valence-corrected chi connectivity index (χ0v) is 5.30. The highest BCUT2D eigenvalue weighted by Crippen LogP contribution is 2.01. The zero-order valence-electron chi connectivity index (χ0n) is 5.30. The van der Waals surface area contributed by atoms with Crippen LogP contribution in [0.15, 0.2) is 5.11 Å². The number of nitrogens with zero attached hydrogens (tertiary/aromatic N) is 3. The Balaban J connectivity index is 3.92. The van der Waals surface area contributed by atoms with Gasteiger partial charge in [-0.1, -0.05) is 5.11 Å². The van der Waals surface area contributed by atoms with Crippen LogP contribution >= 0.6 is 0 Å². The van der Waals surface area contributed by atoms with Crippen molar-refractivity contribution < 1.29 is 15.3 Å². The van der Waals surface area contributed by atoms with Crippen molar-refractivity contribution in [3.63, 3.8) is 0 Å². The van der Waals surface area contributed by atoms with E-state index in [0.29, 0.717) is 0 Å². The molecule has 0 spiro atoms. The maximum Gasteiger partial charge on any atom is 0.116 e. The lowest BCUT2D eigenvalue weighted by Crippen LogP contribution is -2.40. The van der Waals surface area contributed by atoms with E-state index < -0.39 is 18.8 Å². The van der Waals surface area contributed by atoms with Crippen molar-refractivity contribution in [1.82, 2.24) is 0 Å². The van der Waals surface area contributed by atoms with Crippen LogP contribution in [-0.4, -0.2) is 40.7 Å². The van der Waals surface area contributed by atoms with E-state index in [2.05, 4.69) is 10.0 Å². The molecule has 0 saturated carbocycles. The average Bonchev–Trinajstić information content (AvgIpc) is 2.00. The van der Waals surface area contributed by atoms with Crippen molar-refractivity contribution in [2.45, 2.75) is 5.60 Å². The Morgan fingerprint density at radius 3 is 2.20 bits per heavy atom. The SMILES string of the molecule is [N-]=[N+]=NCC(O)(CO)CO.